The van der Waals surface area contributed by atoms with E-state index in [2.05, 4.69) is 17.2 Å². The fourth-order valence-electron chi connectivity index (χ4n) is 2.03. The number of allylic oxidation sites excluding steroid dienone is 2. The number of hydrogen-bond donors (Lipinski definition) is 2. The van der Waals surface area contributed by atoms with Crippen LogP contribution in [0.4, 0.5) is 18.9 Å². The van der Waals surface area contributed by atoms with Gasteiger partial charge in [0.15, 0.2) is 0 Å². The molecule has 1 unspecified atom stereocenters. The molecular formula is C16H17F3N2. The van der Waals surface area contributed by atoms with E-state index in [4.69, 9.17) is 0 Å². The summed E-state index contributed by atoms with van der Waals surface area (Å²) in [4.78, 5) is 0. The molecule has 2 N–H and O–H groups in total. The lowest BCUT2D eigenvalue weighted by Gasteiger charge is -2.25. The summed E-state index contributed by atoms with van der Waals surface area (Å²) >= 11 is 0. The molecule has 0 saturated carbocycles. The molecule has 5 heteroatoms. The van der Waals surface area contributed by atoms with Crippen LogP contribution in [-0.2, 0) is 0 Å². The normalized spacial score (nSPS) is 18.4. The summed E-state index contributed by atoms with van der Waals surface area (Å²) in [6.07, 6.45) is -2.25. The fraction of sp³-hybridized carbons (Fsp3) is 0.250. The zero-order valence-electron chi connectivity index (χ0n) is 11.9. The zero-order valence-corrected chi connectivity index (χ0v) is 11.9. The van der Waals surface area contributed by atoms with Gasteiger partial charge in [0.1, 0.15) is 0 Å². The number of dihydropyridines is 1. The smallest absolute Gasteiger partial charge is 0.384 e. The number of aryl methyl sites for hydroxylation is 1. The highest BCUT2D eigenvalue weighted by Gasteiger charge is 2.34. The van der Waals surface area contributed by atoms with Gasteiger partial charge < -0.3 is 10.6 Å². The average molecular weight is 294 g/mol. The van der Waals surface area contributed by atoms with Crippen LogP contribution in [-0.4, -0.2) is 12.2 Å². The van der Waals surface area contributed by atoms with E-state index in [0.29, 0.717) is 11.3 Å². The van der Waals surface area contributed by atoms with Gasteiger partial charge in [-0.25, -0.2) is 0 Å². The van der Waals surface area contributed by atoms with E-state index >= 15 is 0 Å². The van der Waals surface area contributed by atoms with E-state index in [9.17, 15) is 13.2 Å². The summed E-state index contributed by atoms with van der Waals surface area (Å²) in [5.74, 6) is 0. The first-order valence-electron chi connectivity index (χ1n) is 6.55. The van der Waals surface area contributed by atoms with Crippen molar-refractivity contribution in [1.29, 1.82) is 0 Å². The minimum atomic E-state index is -4.37. The Kier molecular flexibility index (Phi) is 4.11. The summed E-state index contributed by atoms with van der Waals surface area (Å²) in [6, 6.07) is 7.34. The van der Waals surface area contributed by atoms with Crippen molar-refractivity contribution in [1.82, 2.24) is 5.32 Å². The van der Waals surface area contributed by atoms with E-state index in [1.807, 2.05) is 31.2 Å². The average Bonchev–Trinajstić information content (AvgIpc) is 2.40. The lowest BCUT2D eigenvalue weighted by atomic mass is 9.99. The molecule has 2 nitrogen and oxygen atoms in total. The van der Waals surface area contributed by atoms with Crippen LogP contribution in [0.1, 0.15) is 12.5 Å². The van der Waals surface area contributed by atoms with Crippen molar-refractivity contribution >= 4 is 5.69 Å². The molecule has 0 aromatic heterocycles. The van der Waals surface area contributed by atoms with Gasteiger partial charge >= 0.3 is 6.18 Å². The number of benzene rings is 1. The van der Waals surface area contributed by atoms with Gasteiger partial charge in [-0.3, -0.25) is 0 Å². The van der Waals surface area contributed by atoms with Gasteiger partial charge in [-0.1, -0.05) is 24.3 Å². The maximum atomic E-state index is 12.8. The first kappa shape index (κ1) is 15.2. The van der Waals surface area contributed by atoms with Crippen molar-refractivity contribution in [3.8, 4) is 0 Å². The van der Waals surface area contributed by atoms with Crippen LogP contribution in [0.2, 0.25) is 0 Å². The molecule has 0 radical (unpaired) electrons. The molecule has 0 aliphatic carbocycles. The third-order valence-corrected chi connectivity index (χ3v) is 3.29. The van der Waals surface area contributed by atoms with E-state index in [0.717, 1.165) is 23.5 Å². The Bertz CT molecular complexity index is 595. The SMILES string of the molecule is C=C(Nc1ccc(C)cc1)C1=CC(C(F)(F)F)=CNC1C. The molecule has 0 fully saturated rings. The van der Waals surface area contributed by atoms with Gasteiger partial charge in [0, 0.05) is 17.6 Å². The molecule has 1 aromatic carbocycles. The Hall–Kier alpha value is -2.17. The molecule has 0 amide bonds. The standard InChI is InChI=1S/C16H17F3N2/c1-10-4-6-14(7-5-10)21-12(3)15-8-13(16(17,18)19)9-20-11(15)2/h4-9,11,20-21H,3H2,1-2H3. The van der Waals surface area contributed by atoms with E-state index in [-0.39, 0.29) is 6.04 Å². The minimum Gasteiger partial charge on any atom is -0.384 e. The summed E-state index contributed by atoms with van der Waals surface area (Å²) in [5.41, 5.74) is 2.14. The van der Waals surface area contributed by atoms with Crippen molar-refractivity contribution in [3.63, 3.8) is 0 Å². The lowest BCUT2D eigenvalue weighted by molar-refractivity contribution is -0.0888. The topological polar surface area (TPSA) is 24.1 Å². The summed E-state index contributed by atoms with van der Waals surface area (Å²) < 4.78 is 38.3. The quantitative estimate of drug-likeness (QED) is 0.869. The van der Waals surface area contributed by atoms with Crippen molar-refractivity contribution in [2.24, 2.45) is 0 Å². The van der Waals surface area contributed by atoms with Crippen LogP contribution in [0.5, 0.6) is 0 Å². The Morgan fingerprint density at radius 1 is 1.24 bits per heavy atom. The van der Waals surface area contributed by atoms with E-state index in [1.165, 1.54) is 0 Å². The second-order valence-corrected chi connectivity index (χ2v) is 5.06. The molecule has 0 bridgehead atoms. The highest BCUT2D eigenvalue weighted by molar-refractivity contribution is 5.56. The summed E-state index contributed by atoms with van der Waals surface area (Å²) in [5, 5.41) is 5.76. The Balaban J connectivity index is 2.19. The number of halogens is 3. The third-order valence-electron chi connectivity index (χ3n) is 3.29. The molecule has 112 valence electrons. The maximum absolute atomic E-state index is 12.8. The predicted molar refractivity (Wildman–Crippen MR) is 78.8 cm³/mol. The highest BCUT2D eigenvalue weighted by Crippen LogP contribution is 2.31. The molecule has 1 aliphatic rings. The van der Waals surface area contributed by atoms with Crippen LogP contribution >= 0.6 is 0 Å². The number of rotatable bonds is 3. The van der Waals surface area contributed by atoms with Crippen LogP contribution in [0.3, 0.4) is 0 Å². The van der Waals surface area contributed by atoms with Crippen LogP contribution < -0.4 is 10.6 Å². The molecule has 1 aromatic rings. The number of hydrogen-bond acceptors (Lipinski definition) is 2. The van der Waals surface area contributed by atoms with Gasteiger partial charge in [-0.2, -0.15) is 13.2 Å². The van der Waals surface area contributed by atoms with Crippen molar-refractivity contribution < 1.29 is 13.2 Å². The van der Waals surface area contributed by atoms with Gasteiger partial charge in [0.2, 0.25) is 0 Å². The molecular weight excluding hydrogens is 277 g/mol. The van der Waals surface area contributed by atoms with Crippen molar-refractivity contribution in [2.45, 2.75) is 26.1 Å². The first-order chi connectivity index (χ1) is 9.77. The van der Waals surface area contributed by atoms with Gasteiger partial charge in [-0.15, -0.1) is 0 Å². The fourth-order valence-corrected chi connectivity index (χ4v) is 2.03. The monoisotopic (exact) mass is 294 g/mol. The van der Waals surface area contributed by atoms with Gasteiger partial charge in [0.05, 0.1) is 11.6 Å². The maximum Gasteiger partial charge on any atom is 0.417 e. The van der Waals surface area contributed by atoms with E-state index in [1.54, 1.807) is 6.92 Å². The summed E-state index contributed by atoms with van der Waals surface area (Å²) in [6.45, 7) is 7.61. The Morgan fingerprint density at radius 3 is 2.43 bits per heavy atom. The second kappa shape index (κ2) is 5.68. The molecule has 1 aliphatic heterocycles. The number of anilines is 1. The lowest BCUT2D eigenvalue weighted by Crippen LogP contribution is -2.31. The van der Waals surface area contributed by atoms with Crippen LogP contribution in [0, 0.1) is 6.92 Å². The zero-order chi connectivity index (χ0) is 15.6. The third kappa shape index (κ3) is 3.68. The minimum absolute atomic E-state index is 0.235. The Labute approximate surface area is 122 Å². The number of alkyl halides is 3. The van der Waals surface area contributed by atoms with Crippen molar-refractivity contribution in [2.75, 3.05) is 5.32 Å². The molecule has 2 rings (SSSR count). The molecule has 1 atom stereocenters. The summed E-state index contributed by atoms with van der Waals surface area (Å²) in [7, 11) is 0. The van der Waals surface area contributed by atoms with Gasteiger partial charge in [0.25, 0.3) is 0 Å². The molecule has 1 heterocycles. The highest BCUT2D eigenvalue weighted by atomic mass is 19.4. The second-order valence-electron chi connectivity index (χ2n) is 5.06. The first-order valence-corrected chi connectivity index (χ1v) is 6.55. The molecule has 0 spiro atoms. The van der Waals surface area contributed by atoms with Crippen molar-refractivity contribution in [3.05, 3.63) is 65.5 Å². The molecule has 21 heavy (non-hydrogen) atoms. The van der Waals surface area contributed by atoms with Crippen LogP contribution in [0.25, 0.3) is 0 Å². The Morgan fingerprint density at radius 2 is 1.86 bits per heavy atom. The predicted octanol–water partition coefficient (Wildman–Crippen LogP) is 4.28. The number of nitrogens with one attached hydrogen (secondary N) is 2. The van der Waals surface area contributed by atoms with E-state index < -0.39 is 11.7 Å². The van der Waals surface area contributed by atoms with Crippen LogP contribution in [0.15, 0.2) is 60.0 Å². The molecule has 0 saturated heterocycles. The van der Waals surface area contributed by atoms with Gasteiger partial charge in [-0.05, 0) is 37.6 Å². The largest absolute Gasteiger partial charge is 0.417 e.